The minimum atomic E-state index is -1.32. The number of nitrogens with zero attached hydrogens (tertiary/aromatic N) is 5. The molecule has 0 amide bonds. The van der Waals surface area contributed by atoms with E-state index in [4.69, 9.17) is 0 Å². The number of anilines is 2. The number of aryl methyl sites for hydroxylation is 4. The lowest BCUT2D eigenvalue weighted by Gasteiger charge is -2.24. The average molecular weight is 823 g/mol. The normalized spacial score (nSPS) is 11.4. The molecule has 0 fully saturated rings. The maximum atomic E-state index is 12.3. The second kappa shape index (κ2) is 19.7. The molecular weight excluding hydrogens is 779 g/mol. The van der Waals surface area contributed by atoms with Gasteiger partial charge in [-0.25, -0.2) is 9.22 Å². The molecule has 0 aliphatic carbocycles. The van der Waals surface area contributed by atoms with Gasteiger partial charge >= 0.3 is 11.4 Å². The fraction of sp³-hybridized carbons (Fsp3) is 0.234. The van der Waals surface area contributed by atoms with Gasteiger partial charge in [0.15, 0.2) is 0 Å². The van der Waals surface area contributed by atoms with Crippen LogP contribution in [0.5, 0.6) is 0 Å². The topological polar surface area (TPSA) is 164 Å². The molecule has 0 heterocycles. The Hall–Kier alpha value is -6.91. The molecule has 6 rings (SSSR count). The van der Waals surface area contributed by atoms with Gasteiger partial charge in [-0.05, 0) is 121 Å². The first kappa shape index (κ1) is 42.7. The Morgan fingerprint density at radius 2 is 1.17 bits per heavy atom. The minimum Gasteiger partial charge on any atom is -0.258 e. The van der Waals surface area contributed by atoms with Gasteiger partial charge in [0, 0.05) is 5.25 Å². The lowest BCUT2D eigenvalue weighted by molar-refractivity contribution is -0.402. The zero-order chi connectivity index (χ0) is 42.8. The molecule has 0 aliphatic rings. The maximum Gasteiger partial charge on any atom is 0.310 e. The SMILES string of the molecule is CC#CS(=O)c1ccc(-c2cc(C)cc3cc(CCCCCCCCc4ccc(N([N]c5c([N+](=O)[O-])cc([N+](=O)[O-])cc5[N+](=O)[O-])c5ccc(C)cc5)cc4)ccc23)cc1. The second-order valence-corrected chi connectivity index (χ2v) is 15.9. The van der Waals surface area contributed by atoms with E-state index < -0.39 is 48.3 Å². The lowest BCUT2D eigenvalue weighted by atomic mass is 9.94. The molecule has 1 radical (unpaired) electrons. The highest BCUT2D eigenvalue weighted by atomic mass is 32.2. The van der Waals surface area contributed by atoms with E-state index in [1.165, 1.54) is 26.9 Å². The smallest absolute Gasteiger partial charge is 0.258 e. The van der Waals surface area contributed by atoms with Gasteiger partial charge < -0.3 is 0 Å². The molecule has 1 atom stereocenters. The Morgan fingerprint density at radius 3 is 1.73 bits per heavy atom. The molecule has 0 aromatic heterocycles. The van der Waals surface area contributed by atoms with Crippen molar-refractivity contribution in [3.8, 4) is 22.3 Å². The fourth-order valence-electron chi connectivity index (χ4n) is 7.17. The van der Waals surface area contributed by atoms with E-state index in [1.54, 1.807) is 19.1 Å². The van der Waals surface area contributed by atoms with Crippen molar-refractivity contribution in [2.45, 2.75) is 77.0 Å². The molecule has 1 unspecified atom stereocenters. The number of unbranched alkanes of at least 4 members (excludes halogenated alkanes) is 5. The van der Waals surface area contributed by atoms with E-state index in [1.807, 2.05) is 67.6 Å². The number of non-ortho nitro benzene ring substituents is 1. The molecule has 13 heteroatoms. The Bertz CT molecular complexity index is 2580. The summed E-state index contributed by atoms with van der Waals surface area (Å²) in [5.74, 6) is 2.72. The van der Waals surface area contributed by atoms with Crippen molar-refractivity contribution in [3.63, 3.8) is 0 Å². The summed E-state index contributed by atoms with van der Waals surface area (Å²) in [6.45, 7) is 5.70. The molecule has 6 aromatic rings. The van der Waals surface area contributed by atoms with Crippen LogP contribution in [-0.2, 0) is 23.6 Å². The number of hydrogen-bond acceptors (Lipinski definition) is 8. The first-order valence-corrected chi connectivity index (χ1v) is 20.8. The minimum absolute atomic E-state index is 0.497. The maximum absolute atomic E-state index is 12.3. The van der Waals surface area contributed by atoms with Crippen LogP contribution in [0.3, 0.4) is 0 Å². The van der Waals surface area contributed by atoms with Gasteiger partial charge in [-0.15, -0.1) is 0 Å². The summed E-state index contributed by atoms with van der Waals surface area (Å²) < 4.78 is 12.3. The van der Waals surface area contributed by atoms with E-state index in [0.717, 1.165) is 73.6 Å². The van der Waals surface area contributed by atoms with Crippen LogP contribution in [0.25, 0.3) is 21.9 Å². The number of nitro benzene ring substituents is 3. The summed E-state index contributed by atoms with van der Waals surface area (Å²) in [6, 6.07) is 35.0. The Labute approximate surface area is 351 Å². The van der Waals surface area contributed by atoms with E-state index in [9.17, 15) is 34.6 Å². The third-order valence-electron chi connectivity index (χ3n) is 10.2. The van der Waals surface area contributed by atoms with Crippen molar-refractivity contribution in [1.82, 2.24) is 5.43 Å². The van der Waals surface area contributed by atoms with Gasteiger partial charge in [0.2, 0.25) is 5.69 Å². The summed E-state index contributed by atoms with van der Waals surface area (Å²) in [5.41, 5.74) is 9.14. The second-order valence-electron chi connectivity index (χ2n) is 14.7. The highest BCUT2D eigenvalue weighted by molar-refractivity contribution is 7.89. The van der Waals surface area contributed by atoms with E-state index in [2.05, 4.69) is 53.9 Å². The van der Waals surface area contributed by atoms with Gasteiger partial charge in [0.1, 0.15) is 10.8 Å². The van der Waals surface area contributed by atoms with Crippen LogP contribution in [0.1, 0.15) is 67.7 Å². The first-order valence-electron chi connectivity index (χ1n) is 19.7. The average Bonchev–Trinajstić information content (AvgIpc) is 3.23. The summed E-state index contributed by atoms with van der Waals surface area (Å²) in [7, 11) is -1.32. The molecular formula is C47H44N5O7S. The van der Waals surface area contributed by atoms with Gasteiger partial charge in [0.25, 0.3) is 5.69 Å². The molecule has 305 valence electrons. The molecule has 6 aromatic carbocycles. The van der Waals surface area contributed by atoms with E-state index in [-0.39, 0.29) is 0 Å². The van der Waals surface area contributed by atoms with Crippen molar-refractivity contribution < 1.29 is 19.0 Å². The zero-order valence-corrected chi connectivity index (χ0v) is 34.4. The van der Waals surface area contributed by atoms with E-state index in [0.29, 0.717) is 28.4 Å². The number of rotatable bonds is 18. The number of benzene rings is 6. The van der Waals surface area contributed by atoms with Crippen molar-refractivity contribution >= 4 is 55.7 Å². The predicted molar refractivity (Wildman–Crippen MR) is 237 cm³/mol. The van der Waals surface area contributed by atoms with Gasteiger partial charge in [0.05, 0.1) is 43.2 Å². The van der Waals surface area contributed by atoms with Crippen molar-refractivity contribution in [2.24, 2.45) is 0 Å². The first-order chi connectivity index (χ1) is 28.9. The summed E-state index contributed by atoms with van der Waals surface area (Å²) in [5, 5.41) is 41.9. The third-order valence-corrected chi connectivity index (χ3v) is 11.3. The Morgan fingerprint density at radius 1 is 0.617 bits per heavy atom. The summed E-state index contributed by atoms with van der Waals surface area (Å²) in [6.07, 6.45) is 8.49. The number of fused-ring (bicyclic) bond motifs is 1. The van der Waals surface area contributed by atoms with E-state index >= 15 is 0 Å². The van der Waals surface area contributed by atoms with Crippen molar-refractivity contribution in [2.75, 3.05) is 5.01 Å². The number of hydrogen-bond donors (Lipinski definition) is 0. The number of nitro groups is 3. The van der Waals surface area contributed by atoms with Crippen LogP contribution in [-0.4, -0.2) is 19.0 Å². The Kier molecular flexibility index (Phi) is 14.0. The highest BCUT2D eigenvalue weighted by Gasteiger charge is 2.33. The third kappa shape index (κ3) is 10.6. The van der Waals surface area contributed by atoms with Gasteiger partial charge in [-0.2, -0.15) is 5.43 Å². The van der Waals surface area contributed by atoms with Crippen LogP contribution in [0.2, 0.25) is 0 Å². The summed E-state index contributed by atoms with van der Waals surface area (Å²) in [4.78, 5) is 33.3. The zero-order valence-electron chi connectivity index (χ0n) is 33.6. The summed E-state index contributed by atoms with van der Waals surface area (Å²) >= 11 is 0. The van der Waals surface area contributed by atoms with Crippen LogP contribution >= 0.6 is 0 Å². The molecule has 0 saturated carbocycles. The highest BCUT2D eigenvalue weighted by Crippen LogP contribution is 2.41. The lowest BCUT2D eigenvalue weighted by Crippen LogP contribution is -2.24. The molecule has 0 saturated heterocycles. The van der Waals surface area contributed by atoms with Crippen LogP contribution < -0.4 is 10.4 Å². The van der Waals surface area contributed by atoms with Crippen molar-refractivity contribution in [3.05, 3.63) is 168 Å². The fourth-order valence-corrected chi connectivity index (χ4v) is 7.86. The molecule has 0 aliphatic heterocycles. The van der Waals surface area contributed by atoms with Gasteiger partial charge in [-0.3, -0.25) is 30.3 Å². The largest absolute Gasteiger partial charge is 0.310 e. The molecule has 0 bridgehead atoms. The molecule has 0 spiro atoms. The van der Waals surface area contributed by atoms with Crippen LogP contribution in [0, 0.1) is 55.4 Å². The van der Waals surface area contributed by atoms with Crippen LogP contribution in [0.4, 0.5) is 34.1 Å². The predicted octanol–water partition coefficient (Wildman–Crippen LogP) is 12.1. The quantitative estimate of drug-likeness (QED) is 0.0358. The monoisotopic (exact) mass is 822 g/mol. The Balaban J connectivity index is 1.02. The molecule has 12 nitrogen and oxygen atoms in total. The molecule has 60 heavy (non-hydrogen) atoms. The van der Waals surface area contributed by atoms with Crippen molar-refractivity contribution in [1.29, 1.82) is 0 Å². The molecule has 0 N–H and O–H groups in total. The standard InChI is InChI=1S/C47H44N5O7S/c1-4-27-60(59)42-24-18-37(19-25-42)44-29-34(3)28-38-30-36(17-26-43(38)44)12-10-8-6-5-7-9-11-35-15-22-40(23-16-35)49(39-20-13-33(2)14-21-39)48-47-45(51(55)56)31-41(50(53)54)32-46(47)52(57)58/h13-26,28-32H,5-12H2,1-3H3. The van der Waals surface area contributed by atoms with Gasteiger partial charge in [-0.1, -0.05) is 104 Å². The van der Waals surface area contributed by atoms with Crippen LogP contribution in [0.15, 0.2) is 120 Å².